The third-order valence-corrected chi connectivity index (χ3v) is 5.34. The summed E-state index contributed by atoms with van der Waals surface area (Å²) in [5.41, 5.74) is 0.0166. The highest BCUT2D eigenvalue weighted by molar-refractivity contribution is 8.00. The van der Waals surface area contributed by atoms with Crippen LogP contribution in [0.15, 0.2) is 29.2 Å². The number of thioether (sulfide) groups is 1. The first-order valence-electron chi connectivity index (χ1n) is 7.72. The number of carbonyl (C=O) groups excluding carboxylic acids is 1. The van der Waals surface area contributed by atoms with E-state index in [4.69, 9.17) is 5.11 Å². The van der Waals surface area contributed by atoms with Crippen LogP contribution < -0.4 is 0 Å². The number of hydrogen-bond acceptors (Lipinski definition) is 5. The second-order valence-corrected chi connectivity index (χ2v) is 7.42. The van der Waals surface area contributed by atoms with Gasteiger partial charge in [-0.15, -0.1) is 11.8 Å². The van der Waals surface area contributed by atoms with Gasteiger partial charge < -0.3 is 10.0 Å². The zero-order valence-corrected chi connectivity index (χ0v) is 14.4. The lowest BCUT2D eigenvalue weighted by Gasteiger charge is -2.36. The fourth-order valence-corrected chi connectivity index (χ4v) is 3.82. The lowest BCUT2D eigenvalue weighted by atomic mass is 9.87. The van der Waals surface area contributed by atoms with Crippen molar-refractivity contribution in [2.45, 2.75) is 30.4 Å². The number of non-ortho nitro benzene ring substituents is 1. The van der Waals surface area contributed by atoms with Crippen LogP contribution in [0.2, 0.25) is 0 Å². The molecule has 7 nitrogen and oxygen atoms in total. The minimum absolute atomic E-state index is 0.0166. The molecule has 1 saturated heterocycles. The summed E-state index contributed by atoms with van der Waals surface area (Å²) in [5.74, 6) is -1.31. The number of likely N-dealkylation sites (tertiary alicyclic amines) is 1. The van der Waals surface area contributed by atoms with E-state index in [0.29, 0.717) is 19.5 Å². The molecule has 0 bridgehead atoms. The van der Waals surface area contributed by atoms with E-state index in [9.17, 15) is 19.7 Å². The number of carboxylic acid groups (broad SMARTS) is 1. The largest absolute Gasteiger partial charge is 0.481 e. The summed E-state index contributed by atoms with van der Waals surface area (Å²) in [6, 6.07) is 6.09. The summed E-state index contributed by atoms with van der Waals surface area (Å²) in [5, 5.41) is 19.5. The number of carboxylic acids is 1. The Balaban J connectivity index is 1.95. The Labute approximate surface area is 144 Å². The molecule has 1 amide bonds. The van der Waals surface area contributed by atoms with Gasteiger partial charge in [0.1, 0.15) is 0 Å². The molecule has 3 atom stereocenters. The molecule has 130 valence electrons. The molecule has 1 aromatic rings. The van der Waals surface area contributed by atoms with E-state index in [2.05, 4.69) is 0 Å². The van der Waals surface area contributed by atoms with E-state index < -0.39 is 16.8 Å². The van der Waals surface area contributed by atoms with E-state index in [1.807, 2.05) is 6.92 Å². The van der Waals surface area contributed by atoms with Crippen molar-refractivity contribution in [1.82, 2.24) is 4.90 Å². The van der Waals surface area contributed by atoms with Gasteiger partial charge in [-0.3, -0.25) is 19.7 Å². The number of amides is 1. The van der Waals surface area contributed by atoms with E-state index >= 15 is 0 Å². The summed E-state index contributed by atoms with van der Waals surface area (Å²) >= 11 is 1.34. The van der Waals surface area contributed by atoms with Gasteiger partial charge in [0, 0.05) is 30.1 Å². The quantitative estimate of drug-likeness (QED) is 0.497. The molecule has 8 heteroatoms. The predicted molar refractivity (Wildman–Crippen MR) is 89.9 cm³/mol. The molecule has 1 N–H and O–H groups in total. The van der Waals surface area contributed by atoms with Gasteiger partial charge in [0.25, 0.3) is 5.69 Å². The van der Waals surface area contributed by atoms with Crippen LogP contribution in [0.25, 0.3) is 0 Å². The molecule has 1 aliphatic rings. The summed E-state index contributed by atoms with van der Waals surface area (Å²) in [4.78, 5) is 36.4. The van der Waals surface area contributed by atoms with Crippen molar-refractivity contribution in [1.29, 1.82) is 0 Å². The van der Waals surface area contributed by atoms with E-state index in [0.717, 1.165) is 4.90 Å². The number of rotatable bonds is 5. The van der Waals surface area contributed by atoms with Gasteiger partial charge in [-0.1, -0.05) is 6.92 Å². The Morgan fingerprint density at radius 2 is 2.00 bits per heavy atom. The summed E-state index contributed by atoms with van der Waals surface area (Å²) < 4.78 is 0. The van der Waals surface area contributed by atoms with Gasteiger partial charge >= 0.3 is 5.97 Å². The fourth-order valence-electron chi connectivity index (χ4n) is 2.87. The molecular weight excluding hydrogens is 332 g/mol. The van der Waals surface area contributed by atoms with Gasteiger partial charge in [-0.25, -0.2) is 0 Å². The summed E-state index contributed by atoms with van der Waals surface area (Å²) in [6.45, 7) is 4.54. The Bertz CT molecular complexity index is 634. The molecule has 24 heavy (non-hydrogen) atoms. The van der Waals surface area contributed by atoms with Crippen LogP contribution in [0.4, 0.5) is 5.69 Å². The zero-order valence-electron chi connectivity index (χ0n) is 13.5. The van der Waals surface area contributed by atoms with Crippen molar-refractivity contribution < 1.29 is 19.6 Å². The van der Waals surface area contributed by atoms with Crippen LogP contribution in [0.3, 0.4) is 0 Å². The van der Waals surface area contributed by atoms with Crippen molar-refractivity contribution >= 4 is 29.3 Å². The predicted octanol–water partition coefficient (Wildman–Crippen LogP) is 2.64. The minimum Gasteiger partial charge on any atom is -0.481 e. The molecule has 2 rings (SSSR count). The van der Waals surface area contributed by atoms with Crippen LogP contribution in [-0.2, 0) is 9.59 Å². The first-order valence-corrected chi connectivity index (χ1v) is 8.60. The van der Waals surface area contributed by atoms with Crippen molar-refractivity contribution in [2.75, 3.05) is 13.1 Å². The molecule has 0 aliphatic carbocycles. The Morgan fingerprint density at radius 1 is 1.38 bits per heavy atom. The number of nitro benzene ring substituents is 1. The van der Waals surface area contributed by atoms with E-state index in [1.54, 1.807) is 24.0 Å². The topological polar surface area (TPSA) is 101 Å². The van der Waals surface area contributed by atoms with Crippen molar-refractivity contribution in [3.8, 4) is 0 Å². The number of piperidine rings is 1. The molecule has 0 radical (unpaired) electrons. The number of nitro groups is 1. The van der Waals surface area contributed by atoms with Crippen LogP contribution in [-0.4, -0.2) is 45.1 Å². The van der Waals surface area contributed by atoms with E-state index in [1.165, 1.54) is 23.9 Å². The fraction of sp³-hybridized carbons (Fsp3) is 0.500. The number of nitrogens with zero attached hydrogens (tertiary/aromatic N) is 2. The van der Waals surface area contributed by atoms with Crippen molar-refractivity contribution in [3.63, 3.8) is 0 Å². The molecule has 0 spiro atoms. The maximum atomic E-state index is 12.5. The van der Waals surface area contributed by atoms with Crippen LogP contribution >= 0.6 is 11.8 Å². The lowest BCUT2D eigenvalue weighted by molar-refractivity contribution is -0.384. The second-order valence-electron chi connectivity index (χ2n) is 6.01. The normalized spacial score (nSPS) is 22.0. The monoisotopic (exact) mass is 352 g/mol. The molecule has 1 aromatic carbocycles. The average Bonchev–Trinajstić information content (AvgIpc) is 2.54. The van der Waals surface area contributed by atoms with Crippen molar-refractivity contribution in [2.24, 2.45) is 11.8 Å². The molecule has 1 fully saturated rings. The number of carbonyl (C=O) groups is 2. The highest BCUT2D eigenvalue weighted by Crippen LogP contribution is 2.29. The molecule has 1 heterocycles. The molecular formula is C16H20N2O5S. The highest BCUT2D eigenvalue weighted by Gasteiger charge is 2.34. The van der Waals surface area contributed by atoms with E-state index in [-0.39, 0.29) is 22.8 Å². The van der Waals surface area contributed by atoms with Gasteiger partial charge in [-0.2, -0.15) is 0 Å². The number of benzene rings is 1. The van der Waals surface area contributed by atoms with Crippen LogP contribution in [0.1, 0.15) is 20.3 Å². The first kappa shape index (κ1) is 18.3. The van der Waals surface area contributed by atoms with Gasteiger partial charge in [0.05, 0.1) is 16.1 Å². The smallest absolute Gasteiger partial charge is 0.306 e. The van der Waals surface area contributed by atoms with Crippen LogP contribution in [0.5, 0.6) is 0 Å². The third-order valence-electron chi connectivity index (χ3n) is 4.24. The van der Waals surface area contributed by atoms with Gasteiger partial charge in [0.15, 0.2) is 0 Å². The molecule has 3 unspecified atom stereocenters. The summed E-state index contributed by atoms with van der Waals surface area (Å²) in [7, 11) is 0. The second kappa shape index (κ2) is 7.65. The Kier molecular flexibility index (Phi) is 5.82. The van der Waals surface area contributed by atoms with Crippen LogP contribution in [0, 0.1) is 22.0 Å². The Morgan fingerprint density at radius 3 is 2.50 bits per heavy atom. The number of aliphatic carboxylic acids is 1. The minimum atomic E-state index is -0.803. The lowest BCUT2D eigenvalue weighted by Crippen LogP contribution is -2.47. The maximum absolute atomic E-state index is 12.5. The standard InChI is InChI=1S/C16H20N2O5S/c1-10-9-17(8-7-14(10)16(20)21)15(19)11(2)24-13-5-3-12(4-6-13)18(22)23/h3-6,10-11,14H,7-9H2,1-2H3,(H,20,21). The molecule has 0 aromatic heterocycles. The maximum Gasteiger partial charge on any atom is 0.306 e. The van der Waals surface area contributed by atoms with Gasteiger partial charge in [-0.05, 0) is 31.4 Å². The summed E-state index contributed by atoms with van der Waals surface area (Å²) in [6.07, 6.45) is 0.469. The molecule has 1 aliphatic heterocycles. The van der Waals surface area contributed by atoms with Gasteiger partial charge in [0.2, 0.25) is 5.91 Å². The average molecular weight is 352 g/mol. The van der Waals surface area contributed by atoms with Crippen molar-refractivity contribution in [3.05, 3.63) is 34.4 Å². The number of hydrogen-bond donors (Lipinski definition) is 1. The molecule has 0 saturated carbocycles. The SMILES string of the molecule is CC(Sc1ccc([N+](=O)[O-])cc1)C(=O)N1CCC(C(=O)O)C(C)C1. The highest BCUT2D eigenvalue weighted by atomic mass is 32.2. The Hall–Kier alpha value is -2.09. The zero-order chi connectivity index (χ0) is 17.9. The first-order chi connectivity index (χ1) is 11.3. The third kappa shape index (κ3) is 4.25.